The molecule has 1 aliphatic heterocycles. The molecule has 0 fully saturated rings. The van der Waals surface area contributed by atoms with Crippen LogP contribution in [0.1, 0.15) is 42.0 Å². The smallest absolute Gasteiger partial charge is 0.275 e. The van der Waals surface area contributed by atoms with Gasteiger partial charge in [-0.2, -0.15) is 0 Å². The second-order valence-electron chi connectivity index (χ2n) is 6.90. The van der Waals surface area contributed by atoms with Crippen LogP contribution in [-0.2, 0) is 6.42 Å². The van der Waals surface area contributed by atoms with E-state index in [0.29, 0.717) is 5.75 Å². The zero-order valence-corrected chi connectivity index (χ0v) is 14.9. The SMILES string of the molecule is CCc1ccc([C@@H]2Nc3c(OC)ccc([N+](=O)[O-])c3[C@@H]3C=CC[C@H]32)cc1. The molecule has 134 valence electrons. The molecule has 0 amide bonds. The van der Waals surface area contributed by atoms with Gasteiger partial charge in [0, 0.05) is 12.0 Å². The normalized spacial score (nSPS) is 23.1. The first-order valence-corrected chi connectivity index (χ1v) is 9.01. The van der Waals surface area contributed by atoms with Gasteiger partial charge in [-0.05, 0) is 36.0 Å². The number of nitrogens with one attached hydrogen (secondary N) is 1. The van der Waals surface area contributed by atoms with Crippen LogP contribution in [0.3, 0.4) is 0 Å². The number of nitrogens with zero attached hydrogens (tertiary/aromatic N) is 1. The molecular formula is C21H22N2O3. The van der Waals surface area contributed by atoms with E-state index in [4.69, 9.17) is 4.74 Å². The number of nitro groups is 1. The van der Waals surface area contributed by atoms with E-state index in [1.54, 1.807) is 19.2 Å². The summed E-state index contributed by atoms with van der Waals surface area (Å²) in [5.41, 5.74) is 4.17. The lowest BCUT2D eigenvalue weighted by Gasteiger charge is -2.37. The molecule has 0 radical (unpaired) electrons. The summed E-state index contributed by atoms with van der Waals surface area (Å²) in [5, 5.41) is 15.2. The number of benzene rings is 2. The van der Waals surface area contributed by atoms with Crippen molar-refractivity contribution in [3.63, 3.8) is 0 Å². The van der Waals surface area contributed by atoms with Crippen LogP contribution in [-0.4, -0.2) is 12.0 Å². The summed E-state index contributed by atoms with van der Waals surface area (Å²) in [6.07, 6.45) is 6.17. The van der Waals surface area contributed by atoms with Gasteiger partial charge in [-0.3, -0.25) is 10.1 Å². The van der Waals surface area contributed by atoms with Gasteiger partial charge < -0.3 is 10.1 Å². The molecule has 26 heavy (non-hydrogen) atoms. The van der Waals surface area contributed by atoms with E-state index in [0.717, 1.165) is 24.1 Å². The van der Waals surface area contributed by atoms with E-state index in [-0.39, 0.29) is 28.5 Å². The predicted octanol–water partition coefficient (Wildman–Crippen LogP) is 4.99. The van der Waals surface area contributed by atoms with Gasteiger partial charge in [0.2, 0.25) is 0 Å². The van der Waals surface area contributed by atoms with Crippen LogP contribution in [0.4, 0.5) is 11.4 Å². The lowest BCUT2D eigenvalue weighted by molar-refractivity contribution is -0.385. The highest BCUT2D eigenvalue weighted by atomic mass is 16.6. The highest BCUT2D eigenvalue weighted by Crippen LogP contribution is 2.54. The molecule has 0 bridgehead atoms. The third-order valence-corrected chi connectivity index (χ3v) is 5.62. The van der Waals surface area contributed by atoms with E-state index in [2.05, 4.69) is 48.7 Å². The summed E-state index contributed by atoms with van der Waals surface area (Å²) in [4.78, 5) is 11.3. The number of hydrogen-bond acceptors (Lipinski definition) is 4. The first kappa shape index (κ1) is 16.6. The summed E-state index contributed by atoms with van der Waals surface area (Å²) in [6, 6.07) is 12.0. The number of anilines is 1. The van der Waals surface area contributed by atoms with Gasteiger partial charge >= 0.3 is 0 Å². The molecule has 1 aliphatic carbocycles. The Labute approximate surface area is 152 Å². The molecule has 2 aromatic carbocycles. The van der Waals surface area contributed by atoms with E-state index in [9.17, 15) is 10.1 Å². The Bertz CT molecular complexity index is 874. The molecule has 0 spiro atoms. The second-order valence-corrected chi connectivity index (χ2v) is 6.90. The van der Waals surface area contributed by atoms with Crippen molar-refractivity contribution >= 4 is 11.4 Å². The number of hydrogen-bond donors (Lipinski definition) is 1. The maximum atomic E-state index is 11.6. The summed E-state index contributed by atoms with van der Waals surface area (Å²) >= 11 is 0. The molecule has 5 nitrogen and oxygen atoms in total. The zero-order chi connectivity index (χ0) is 18.3. The third kappa shape index (κ3) is 2.55. The summed E-state index contributed by atoms with van der Waals surface area (Å²) in [5.74, 6) is 0.943. The Balaban J connectivity index is 1.84. The molecule has 5 heteroatoms. The number of ether oxygens (including phenoxy) is 1. The van der Waals surface area contributed by atoms with Gasteiger partial charge in [-0.15, -0.1) is 0 Å². The first-order valence-electron chi connectivity index (χ1n) is 9.01. The Kier molecular flexibility index (Phi) is 4.15. The summed E-state index contributed by atoms with van der Waals surface area (Å²) in [7, 11) is 1.60. The van der Waals surface area contributed by atoms with Gasteiger partial charge in [0.25, 0.3) is 5.69 Å². The van der Waals surface area contributed by atoms with Crippen LogP contribution in [0.15, 0.2) is 48.6 Å². The fourth-order valence-electron chi connectivity index (χ4n) is 4.28. The molecular weight excluding hydrogens is 328 g/mol. The second kappa shape index (κ2) is 6.48. The summed E-state index contributed by atoms with van der Waals surface area (Å²) in [6.45, 7) is 2.14. The quantitative estimate of drug-likeness (QED) is 0.479. The van der Waals surface area contributed by atoms with Crippen molar-refractivity contribution in [2.75, 3.05) is 12.4 Å². The Hall–Kier alpha value is -2.82. The topological polar surface area (TPSA) is 64.4 Å². The minimum Gasteiger partial charge on any atom is -0.495 e. The van der Waals surface area contributed by atoms with Gasteiger partial charge in [-0.1, -0.05) is 43.3 Å². The van der Waals surface area contributed by atoms with E-state index in [1.165, 1.54) is 11.1 Å². The first-order chi connectivity index (χ1) is 12.6. The number of allylic oxidation sites excluding steroid dienone is 2. The van der Waals surface area contributed by atoms with Crippen molar-refractivity contribution in [3.8, 4) is 5.75 Å². The van der Waals surface area contributed by atoms with Crippen LogP contribution in [0, 0.1) is 16.0 Å². The van der Waals surface area contributed by atoms with Crippen LogP contribution in [0.5, 0.6) is 5.75 Å². The van der Waals surface area contributed by atoms with Crippen molar-refractivity contribution in [3.05, 3.63) is 75.4 Å². The zero-order valence-electron chi connectivity index (χ0n) is 14.9. The maximum absolute atomic E-state index is 11.6. The van der Waals surface area contributed by atoms with Crippen molar-refractivity contribution in [1.82, 2.24) is 0 Å². The number of fused-ring (bicyclic) bond motifs is 3. The maximum Gasteiger partial charge on any atom is 0.275 e. The average Bonchev–Trinajstić information content (AvgIpc) is 3.16. The molecule has 3 atom stereocenters. The van der Waals surface area contributed by atoms with Gasteiger partial charge in [-0.25, -0.2) is 0 Å². The van der Waals surface area contributed by atoms with Crippen LogP contribution in [0.25, 0.3) is 0 Å². The van der Waals surface area contributed by atoms with Crippen molar-refractivity contribution in [2.24, 2.45) is 5.92 Å². The lowest BCUT2D eigenvalue weighted by Crippen LogP contribution is -2.30. The summed E-state index contributed by atoms with van der Waals surface area (Å²) < 4.78 is 5.51. The monoisotopic (exact) mass is 350 g/mol. The molecule has 1 heterocycles. The van der Waals surface area contributed by atoms with Crippen LogP contribution < -0.4 is 10.1 Å². The van der Waals surface area contributed by atoms with Gasteiger partial charge in [0.15, 0.2) is 0 Å². The van der Waals surface area contributed by atoms with E-state index >= 15 is 0 Å². The average molecular weight is 350 g/mol. The standard InChI is InChI=1S/C21H22N2O3/c1-3-13-7-9-14(10-8-13)20-16-6-4-5-15(16)19-17(23(24)25)11-12-18(26-2)21(19)22-20/h4-5,7-12,15-16,20,22H,3,6H2,1-2H3/t15-,16-,20+/m1/s1. The molecule has 0 aromatic heterocycles. The minimum atomic E-state index is -0.292. The highest BCUT2D eigenvalue weighted by molar-refractivity contribution is 5.73. The Morgan fingerprint density at radius 1 is 1.23 bits per heavy atom. The molecule has 0 saturated heterocycles. The molecule has 0 saturated carbocycles. The predicted molar refractivity (Wildman–Crippen MR) is 102 cm³/mol. The van der Waals surface area contributed by atoms with E-state index in [1.807, 2.05) is 0 Å². The number of nitro benzene ring substituents is 1. The largest absolute Gasteiger partial charge is 0.495 e. The Morgan fingerprint density at radius 2 is 2.00 bits per heavy atom. The van der Waals surface area contributed by atoms with Gasteiger partial charge in [0.05, 0.1) is 29.3 Å². The number of aryl methyl sites for hydroxylation is 1. The number of rotatable bonds is 4. The molecule has 2 aliphatic rings. The van der Waals surface area contributed by atoms with Gasteiger partial charge in [0.1, 0.15) is 5.75 Å². The molecule has 4 rings (SSSR count). The third-order valence-electron chi connectivity index (χ3n) is 5.62. The highest BCUT2D eigenvalue weighted by Gasteiger charge is 2.42. The van der Waals surface area contributed by atoms with Crippen molar-refractivity contribution in [1.29, 1.82) is 0 Å². The molecule has 0 unspecified atom stereocenters. The lowest BCUT2D eigenvalue weighted by atomic mass is 9.76. The molecule has 1 N–H and O–H groups in total. The van der Waals surface area contributed by atoms with Crippen molar-refractivity contribution in [2.45, 2.75) is 31.7 Å². The molecule has 2 aromatic rings. The van der Waals surface area contributed by atoms with Crippen LogP contribution in [0.2, 0.25) is 0 Å². The van der Waals surface area contributed by atoms with Crippen molar-refractivity contribution < 1.29 is 9.66 Å². The van der Waals surface area contributed by atoms with Crippen LogP contribution >= 0.6 is 0 Å². The fraction of sp³-hybridized carbons (Fsp3) is 0.333. The number of methoxy groups -OCH3 is 1. The minimum absolute atomic E-state index is 0.0256. The Morgan fingerprint density at radius 3 is 2.65 bits per heavy atom. The fourth-order valence-corrected chi connectivity index (χ4v) is 4.28. The van der Waals surface area contributed by atoms with E-state index < -0.39 is 0 Å².